The largest absolute Gasteiger partial charge is 0.460 e. The van der Waals surface area contributed by atoms with Gasteiger partial charge < -0.3 is 14.2 Å². The average molecular weight is 539 g/mol. The Morgan fingerprint density at radius 1 is 1.22 bits per heavy atom. The van der Waals surface area contributed by atoms with Gasteiger partial charge in [-0.2, -0.15) is 13.2 Å². The molecule has 0 aromatic carbocycles. The minimum Gasteiger partial charge on any atom is -0.460 e. The zero-order valence-corrected chi connectivity index (χ0v) is 21.8. The number of halogens is 3. The van der Waals surface area contributed by atoms with Gasteiger partial charge in [-0.05, 0) is 69.9 Å². The monoisotopic (exact) mass is 538 g/mol. The number of rotatable bonds is 8. The van der Waals surface area contributed by atoms with E-state index in [1.807, 2.05) is 6.92 Å². The fourth-order valence-electron chi connectivity index (χ4n) is 5.08. The van der Waals surface area contributed by atoms with Crippen molar-refractivity contribution in [3.63, 3.8) is 0 Å². The fraction of sp³-hybridized carbons (Fsp3) is 0.615. The van der Waals surface area contributed by atoms with Gasteiger partial charge >= 0.3 is 6.18 Å². The van der Waals surface area contributed by atoms with Crippen LogP contribution in [0.1, 0.15) is 60.1 Å². The van der Waals surface area contributed by atoms with Gasteiger partial charge in [-0.1, -0.05) is 17.4 Å². The van der Waals surface area contributed by atoms with Crippen molar-refractivity contribution < 1.29 is 22.7 Å². The highest BCUT2D eigenvalue weighted by atomic mass is 32.1. The van der Waals surface area contributed by atoms with Crippen LogP contribution in [0.15, 0.2) is 28.0 Å². The van der Waals surface area contributed by atoms with E-state index in [-0.39, 0.29) is 22.6 Å². The number of amides is 1. The number of carbonyl (C=O) groups excluding carboxylic acids is 1. The quantitative estimate of drug-likeness (QED) is 0.453. The van der Waals surface area contributed by atoms with E-state index in [0.29, 0.717) is 18.2 Å². The summed E-state index contributed by atoms with van der Waals surface area (Å²) in [6.45, 7) is 3.68. The number of alkyl halides is 3. The van der Waals surface area contributed by atoms with Gasteiger partial charge in [0.25, 0.3) is 16.7 Å². The lowest BCUT2D eigenvalue weighted by Gasteiger charge is -2.28. The Kier molecular flexibility index (Phi) is 9.17. The maximum atomic E-state index is 12.5. The number of hydrogen-bond acceptors (Lipinski definition) is 6. The van der Waals surface area contributed by atoms with E-state index in [2.05, 4.69) is 14.9 Å². The van der Waals surface area contributed by atoms with E-state index in [1.165, 1.54) is 22.0 Å². The van der Waals surface area contributed by atoms with Crippen molar-refractivity contribution in [1.29, 1.82) is 0 Å². The molecule has 0 radical (unpaired) electrons. The molecule has 1 amide bonds. The molecular formula is C26H33F3N4O3S. The lowest BCUT2D eigenvalue weighted by atomic mass is 9.81. The van der Waals surface area contributed by atoms with Crippen molar-refractivity contribution in [2.75, 3.05) is 26.2 Å². The van der Waals surface area contributed by atoms with Gasteiger partial charge in [0.1, 0.15) is 5.69 Å². The second-order valence-corrected chi connectivity index (χ2v) is 10.8. The van der Waals surface area contributed by atoms with Crippen molar-refractivity contribution in [2.24, 2.45) is 16.8 Å². The summed E-state index contributed by atoms with van der Waals surface area (Å²) in [6, 6.07) is 4.67. The van der Waals surface area contributed by atoms with Crippen LogP contribution in [-0.4, -0.2) is 59.0 Å². The number of hydrogen-bond donors (Lipinski definition) is 0. The molecule has 0 spiro atoms. The summed E-state index contributed by atoms with van der Waals surface area (Å²) in [7, 11) is 0. The van der Waals surface area contributed by atoms with E-state index in [4.69, 9.17) is 4.74 Å². The first kappa shape index (κ1) is 27.5. The van der Waals surface area contributed by atoms with Gasteiger partial charge in [0.2, 0.25) is 0 Å². The van der Waals surface area contributed by atoms with Gasteiger partial charge in [0, 0.05) is 43.2 Å². The van der Waals surface area contributed by atoms with Gasteiger partial charge in [0.15, 0.2) is 6.61 Å². The number of carbonyl (C=O) groups is 1. The molecule has 1 saturated carbocycles. The van der Waals surface area contributed by atoms with Crippen LogP contribution in [0.2, 0.25) is 0 Å². The molecular weight excluding hydrogens is 505 g/mol. The number of pyridine rings is 1. The van der Waals surface area contributed by atoms with Crippen molar-refractivity contribution in [3.05, 3.63) is 44.8 Å². The maximum Gasteiger partial charge on any atom is 0.422 e. The first-order chi connectivity index (χ1) is 17.7. The van der Waals surface area contributed by atoms with Crippen LogP contribution >= 0.6 is 11.3 Å². The lowest BCUT2D eigenvalue weighted by molar-refractivity contribution is -0.153. The van der Waals surface area contributed by atoms with Gasteiger partial charge in [0.05, 0.1) is 5.69 Å². The summed E-state index contributed by atoms with van der Waals surface area (Å²) in [6.07, 6.45) is 4.22. The molecule has 1 aliphatic heterocycles. The third-order valence-corrected chi connectivity index (χ3v) is 8.24. The maximum absolute atomic E-state index is 12.5. The Morgan fingerprint density at radius 2 is 1.97 bits per heavy atom. The fourth-order valence-corrected chi connectivity index (χ4v) is 6.02. The Morgan fingerprint density at radius 3 is 2.70 bits per heavy atom. The van der Waals surface area contributed by atoms with Crippen molar-refractivity contribution in [3.8, 4) is 5.19 Å². The molecule has 0 unspecified atom stereocenters. The van der Waals surface area contributed by atoms with E-state index >= 15 is 0 Å². The molecule has 1 fully saturated rings. The number of nitrogens with zero attached hydrogens (tertiary/aromatic N) is 4. The summed E-state index contributed by atoms with van der Waals surface area (Å²) < 4.78 is 43.4. The van der Waals surface area contributed by atoms with Crippen molar-refractivity contribution in [1.82, 2.24) is 14.5 Å². The molecule has 0 N–H and O–H groups in total. The molecule has 2 aromatic heterocycles. The Hall–Kier alpha value is -2.53. The second kappa shape index (κ2) is 12.3. The number of aliphatic imine (C=N–C) groups is 1. The second-order valence-electron chi connectivity index (χ2n) is 9.74. The first-order valence-corrected chi connectivity index (χ1v) is 13.7. The van der Waals surface area contributed by atoms with Gasteiger partial charge in [-0.3, -0.25) is 9.59 Å². The van der Waals surface area contributed by atoms with Crippen molar-refractivity contribution in [2.45, 2.75) is 64.6 Å². The minimum atomic E-state index is -4.36. The molecule has 11 heteroatoms. The summed E-state index contributed by atoms with van der Waals surface area (Å²) in [5.41, 5.74) is 0.998. The third-order valence-electron chi connectivity index (χ3n) is 7.17. The molecule has 7 nitrogen and oxygen atoms in total. The Balaban J connectivity index is 1.18. The standard InChI is InChI=1S/C26H33F3N4O3S/c1-2-33-21(4-3-5-23(33)34)24(35)30-16-19-8-6-18(7-9-19)10-13-32-14-11-20-22(12-15-32)37-25(31-20)36-17-26(27,28)29/h3-5,16,18-19H,2,6-15,17H2,1H3. The summed E-state index contributed by atoms with van der Waals surface area (Å²) in [4.78, 5) is 36.4. The molecule has 0 bridgehead atoms. The molecule has 37 heavy (non-hydrogen) atoms. The van der Waals surface area contributed by atoms with Crippen LogP contribution in [0.4, 0.5) is 13.2 Å². The first-order valence-electron chi connectivity index (χ1n) is 12.9. The normalized spacial score (nSPS) is 21.1. The van der Waals surface area contributed by atoms with Crippen LogP contribution in [-0.2, 0) is 19.4 Å². The van der Waals surface area contributed by atoms with Crippen LogP contribution in [0.5, 0.6) is 5.19 Å². The van der Waals surface area contributed by atoms with Crippen LogP contribution in [0, 0.1) is 11.8 Å². The molecule has 4 rings (SSSR count). The molecule has 2 aromatic rings. The molecule has 2 aliphatic rings. The van der Waals surface area contributed by atoms with Crippen LogP contribution < -0.4 is 10.3 Å². The minimum absolute atomic E-state index is 0.112. The SMILES string of the molecule is CCn1c(C(=O)N=CC2CCC(CCN3CCc4nc(OCC(F)(F)F)sc4CC3)CC2)cccc1=O. The van der Waals surface area contributed by atoms with E-state index < -0.39 is 12.8 Å². The highest BCUT2D eigenvalue weighted by Gasteiger charge is 2.30. The van der Waals surface area contributed by atoms with Crippen LogP contribution in [0.3, 0.4) is 0 Å². The van der Waals surface area contributed by atoms with E-state index in [1.54, 1.807) is 18.3 Å². The predicted octanol–water partition coefficient (Wildman–Crippen LogP) is 4.77. The molecule has 3 heterocycles. The van der Waals surface area contributed by atoms with Crippen molar-refractivity contribution >= 4 is 23.5 Å². The smallest absolute Gasteiger partial charge is 0.422 e. The number of aromatic nitrogens is 2. The molecule has 0 atom stereocenters. The summed E-state index contributed by atoms with van der Waals surface area (Å²) in [5, 5.41) is 0.112. The lowest BCUT2D eigenvalue weighted by Crippen LogP contribution is -2.29. The average Bonchev–Trinajstić information content (AvgIpc) is 3.18. The van der Waals surface area contributed by atoms with Gasteiger partial charge in [-0.25, -0.2) is 9.98 Å². The van der Waals surface area contributed by atoms with Crippen LogP contribution in [0.25, 0.3) is 0 Å². The number of fused-ring (bicyclic) bond motifs is 1. The number of thiazole rings is 1. The molecule has 1 aliphatic carbocycles. The summed E-state index contributed by atoms with van der Waals surface area (Å²) in [5.74, 6) is 0.544. The predicted molar refractivity (Wildman–Crippen MR) is 137 cm³/mol. The Labute approximate surface area is 218 Å². The topological polar surface area (TPSA) is 76.8 Å². The zero-order valence-electron chi connectivity index (χ0n) is 21.0. The highest BCUT2D eigenvalue weighted by molar-refractivity contribution is 7.13. The third kappa shape index (κ3) is 7.73. The zero-order chi connectivity index (χ0) is 26.4. The number of ether oxygens (including phenoxy) is 1. The highest BCUT2D eigenvalue weighted by Crippen LogP contribution is 2.32. The molecule has 202 valence electrons. The van der Waals surface area contributed by atoms with Gasteiger partial charge in [-0.15, -0.1) is 0 Å². The van der Waals surface area contributed by atoms with E-state index in [9.17, 15) is 22.8 Å². The Bertz CT molecular complexity index is 1130. The summed E-state index contributed by atoms with van der Waals surface area (Å²) >= 11 is 1.23. The van der Waals surface area contributed by atoms with E-state index in [0.717, 1.165) is 75.2 Å². The molecule has 0 saturated heterocycles.